The number of methoxy groups -OCH3 is 1. The van der Waals surface area contributed by atoms with Gasteiger partial charge in [0.05, 0.1) is 11.4 Å². The largest absolute Gasteiger partial charge is 0.378 e. The van der Waals surface area contributed by atoms with Crippen LogP contribution in [0.15, 0.2) is 76.0 Å². The lowest BCUT2D eigenvalue weighted by Gasteiger charge is -2.17. The van der Waals surface area contributed by atoms with E-state index in [1.54, 1.807) is 43.6 Å². The Morgan fingerprint density at radius 3 is 2.74 bits per heavy atom. The number of carbonyl (C=O) groups excluding carboxylic acids is 2. The van der Waals surface area contributed by atoms with Gasteiger partial charge in [-0.15, -0.1) is 0 Å². The van der Waals surface area contributed by atoms with Crippen molar-refractivity contribution in [1.82, 2.24) is 5.27 Å². The van der Waals surface area contributed by atoms with Crippen molar-refractivity contribution in [3.8, 4) is 0 Å². The minimum atomic E-state index is -0.321. The van der Waals surface area contributed by atoms with Crippen LogP contribution in [0.5, 0.6) is 0 Å². The molecule has 0 aliphatic carbocycles. The van der Waals surface area contributed by atoms with E-state index in [1.165, 1.54) is 9.58 Å². The van der Waals surface area contributed by atoms with E-state index in [0.29, 0.717) is 29.0 Å². The number of amidine groups is 1. The molecule has 0 saturated carbocycles. The Morgan fingerprint density at radius 1 is 1.24 bits per heavy atom. The summed E-state index contributed by atoms with van der Waals surface area (Å²) in [5, 5.41) is 7.46. The van der Waals surface area contributed by atoms with Gasteiger partial charge in [0.25, 0.3) is 12.1 Å². The number of aromatic nitrogens is 2. The van der Waals surface area contributed by atoms with E-state index in [0.717, 1.165) is 17.3 Å². The highest BCUT2D eigenvalue weighted by Crippen LogP contribution is 2.29. The van der Waals surface area contributed by atoms with Crippen LogP contribution >= 0.6 is 23.4 Å². The number of anilines is 2. The van der Waals surface area contributed by atoms with Gasteiger partial charge in [0.2, 0.25) is 17.7 Å². The number of rotatable bonds is 8. The summed E-state index contributed by atoms with van der Waals surface area (Å²) in [6.07, 6.45) is 3.26. The Bertz CT molecular complexity index is 1230. The number of para-hydroxylation sites is 1. The first-order valence-corrected chi connectivity index (χ1v) is 11.6. The average molecular weight is 499 g/mol. The summed E-state index contributed by atoms with van der Waals surface area (Å²) in [4.78, 5) is 31.7. The number of nitrogens with zero attached hydrogens (tertiary/aromatic N) is 4. The number of ether oxygens (including phenoxy) is 1. The molecule has 4 rings (SSSR count). The zero-order valence-electron chi connectivity index (χ0n) is 18.2. The maximum Gasteiger partial charge on any atom is 0.302 e. The van der Waals surface area contributed by atoms with Crippen molar-refractivity contribution in [2.45, 2.75) is 6.54 Å². The van der Waals surface area contributed by atoms with Crippen molar-refractivity contribution in [3.05, 3.63) is 77.1 Å². The predicted molar refractivity (Wildman–Crippen MR) is 130 cm³/mol. The Hall–Kier alpha value is -3.47. The fourth-order valence-electron chi connectivity index (χ4n) is 3.04. The smallest absolute Gasteiger partial charge is 0.302 e. The van der Waals surface area contributed by atoms with Crippen LogP contribution in [0.2, 0.25) is 5.02 Å². The Labute approximate surface area is 205 Å². The number of benzene rings is 2. The SMILES string of the molecule is COCC[n+]1cc(NC(=O)CSC2=N/C(=C/c3ccc(Cl)cc3)C(=O)N2c2ccccc2)on1. The van der Waals surface area contributed by atoms with Gasteiger partial charge < -0.3 is 4.74 Å². The normalized spacial score (nSPS) is 14.5. The van der Waals surface area contributed by atoms with Gasteiger partial charge in [0.1, 0.15) is 12.3 Å². The standard InChI is InChI=1S/C23H20ClN5O4S/c1-32-12-11-28-14-21(33-27-28)26-20(30)15-34-23-25-19(13-16-7-9-17(24)10-8-16)22(31)29(23)18-5-3-2-4-6-18/h2-10,13-14H,11-12,15H2,1H3/p+1/b19-13+. The van der Waals surface area contributed by atoms with Crippen molar-refractivity contribution in [1.29, 1.82) is 0 Å². The lowest BCUT2D eigenvalue weighted by atomic mass is 10.2. The third kappa shape index (κ3) is 5.90. The van der Waals surface area contributed by atoms with Crippen LogP contribution in [-0.2, 0) is 20.9 Å². The monoisotopic (exact) mass is 498 g/mol. The molecule has 174 valence electrons. The van der Waals surface area contributed by atoms with Crippen molar-refractivity contribution >= 4 is 58.0 Å². The van der Waals surface area contributed by atoms with Gasteiger partial charge >= 0.3 is 5.88 Å². The maximum atomic E-state index is 13.2. The van der Waals surface area contributed by atoms with Crippen molar-refractivity contribution in [2.75, 3.05) is 29.7 Å². The summed E-state index contributed by atoms with van der Waals surface area (Å²) in [6.45, 7) is 0.966. The molecule has 0 unspecified atom stereocenters. The summed E-state index contributed by atoms with van der Waals surface area (Å²) in [6, 6.07) is 16.3. The number of amides is 2. The van der Waals surface area contributed by atoms with Crippen LogP contribution < -0.4 is 14.9 Å². The van der Waals surface area contributed by atoms with Gasteiger partial charge in [0, 0.05) is 12.1 Å². The second-order valence-electron chi connectivity index (χ2n) is 7.11. The number of thioether (sulfide) groups is 1. The molecule has 0 atom stereocenters. The number of nitrogens with one attached hydrogen (secondary N) is 1. The molecule has 0 radical (unpaired) electrons. The van der Waals surface area contributed by atoms with Crippen molar-refractivity contribution in [3.63, 3.8) is 0 Å². The molecule has 9 nitrogen and oxygen atoms in total. The summed E-state index contributed by atoms with van der Waals surface area (Å²) in [5.41, 5.74) is 1.72. The minimum Gasteiger partial charge on any atom is -0.378 e. The molecule has 1 N–H and O–H groups in total. The van der Waals surface area contributed by atoms with Crippen LogP contribution in [-0.4, -0.2) is 41.7 Å². The molecular weight excluding hydrogens is 478 g/mol. The molecule has 0 fully saturated rings. The second-order valence-corrected chi connectivity index (χ2v) is 8.49. The number of aliphatic imine (C=N–C) groups is 1. The highest BCUT2D eigenvalue weighted by molar-refractivity contribution is 8.14. The number of carbonyl (C=O) groups is 2. The fourth-order valence-corrected chi connectivity index (χ4v) is 3.98. The first-order valence-electron chi connectivity index (χ1n) is 10.3. The molecule has 2 heterocycles. The molecule has 1 aliphatic heterocycles. The minimum absolute atomic E-state index is 0.0163. The van der Waals surface area contributed by atoms with Gasteiger partial charge in [-0.1, -0.05) is 53.7 Å². The Morgan fingerprint density at radius 2 is 2.00 bits per heavy atom. The van der Waals surface area contributed by atoms with E-state index in [1.807, 2.05) is 30.3 Å². The predicted octanol–water partition coefficient (Wildman–Crippen LogP) is 3.38. The van der Waals surface area contributed by atoms with E-state index in [2.05, 4.69) is 15.6 Å². The molecule has 2 aromatic carbocycles. The second kappa shape index (κ2) is 11.1. The van der Waals surface area contributed by atoms with Crippen LogP contribution in [0, 0.1) is 0 Å². The first-order chi connectivity index (χ1) is 16.5. The highest BCUT2D eigenvalue weighted by Gasteiger charge is 2.32. The number of hydrogen-bond acceptors (Lipinski definition) is 7. The van der Waals surface area contributed by atoms with Crippen LogP contribution in [0.3, 0.4) is 0 Å². The summed E-state index contributed by atoms with van der Waals surface area (Å²) in [5.74, 6) is -0.367. The van der Waals surface area contributed by atoms with Gasteiger partial charge in [-0.25, -0.2) is 4.99 Å². The van der Waals surface area contributed by atoms with E-state index in [4.69, 9.17) is 20.9 Å². The third-order valence-electron chi connectivity index (χ3n) is 4.65. The average Bonchev–Trinajstić information content (AvgIpc) is 3.42. The van der Waals surface area contributed by atoms with Crippen molar-refractivity contribution < 1.29 is 23.5 Å². The van der Waals surface area contributed by atoms with E-state index < -0.39 is 0 Å². The van der Waals surface area contributed by atoms with E-state index in [9.17, 15) is 9.59 Å². The number of hydrogen-bond donors (Lipinski definition) is 1. The molecule has 2 amide bonds. The number of halogens is 1. The molecule has 1 aliphatic rings. The highest BCUT2D eigenvalue weighted by atomic mass is 35.5. The lowest BCUT2D eigenvalue weighted by molar-refractivity contribution is -0.763. The zero-order valence-corrected chi connectivity index (χ0v) is 19.8. The topological polar surface area (TPSA) is 101 Å². The summed E-state index contributed by atoms with van der Waals surface area (Å²) >= 11 is 7.10. The molecule has 3 aromatic rings. The van der Waals surface area contributed by atoms with Crippen molar-refractivity contribution in [2.24, 2.45) is 4.99 Å². The molecule has 34 heavy (non-hydrogen) atoms. The van der Waals surface area contributed by atoms with E-state index in [-0.39, 0.29) is 29.1 Å². The molecule has 0 bridgehead atoms. The quantitative estimate of drug-likeness (QED) is 0.377. The van der Waals surface area contributed by atoms with Gasteiger partial charge in [-0.3, -0.25) is 24.3 Å². The maximum absolute atomic E-state index is 13.2. The van der Waals surface area contributed by atoms with Crippen LogP contribution in [0.4, 0.5) is 11.6 Å². The first kappa shape index (κ1) is 23.7. The molecule has 11 heteroatoms. The summed E-state index contributed by atoms with van der Waals surface area (Å²) < 4.78 is 11.6. The zero-order chi connectivity index (χ0) is 23.9. The van der Waals surface area contributed by atoms with Gasteiger partial charge in [-0.2, -0.15) is 0 Å². The van der Waals surface area contributed by atoms with Crippen LogP contribution in [0.1, 0.15) is 5.56 Å². The third-order valence-corrected chi connectivity index (χ3v) is 5.84. The molecule has 0 spiro atoms. The summed E-state index contributed by atoms with van der Waals surface area (Å²) in [7, 11) is 1.59. The Balaban J connectivity index is 1.48. The molecular formula is C23H21ClN5O4S+. The molecule has 1 aromatic heterocycles. The van der Waals surface area contributed by atoms with E-state index >= 15 is 0 Å². The van der Waals surface area contributed by atoms with Gasteiger partial charge in [-0.05, 0) is 40.6 Å². The fraction of sp³-hybridized carbons (Fsp3) is 0.174. The Kier molecular flexibility index (Phi) is 7.73. The lowest BCUT2D eigenvalue weighted by Crippen LogP contribution is -2.36. The van der Waals surface area contributed by atoms with Crippen LogP contribution in [0.25, 0.3) is 6.08 Å². The molecule has 0 saturated heterocycles. The van der Waals surface area contributed by atoms with Gasteiger partial charge in [0.15, 0.2) is 5.17 Å².